The van der Waals surface area contributed by atoms with Crippen LogP contribution >= 0.6 is 15.9 Å². The van der Waals surface area contributed by atoms with Crippen molar-refractivity contribution in [3.8, 4) is 0 Å². The summed E-state index contributed by atoms with van der Waals surface area (Å²) in [7, 11) is 0. The van der Waals surface area contributed by atoms with E-state index in [4.69, 9.17) is 0 Å². The predicted octanol–water partition coefficient (Wildman–Crippen LogP) is 3.59. The SMILES string of the molecule is C=CC(=O)NCCCC[C@H](NC(=O)Cc1ccccc1Br)C(=O)N1CCN(C(=O)[C@@H](C)NC(=O)c2cccc3ccccc23)CC1. The van der Waals surface area contributed by atoms with Crippen LogP contribution in [0.1, 0.15) is 42.1 Å². The van der Waals surface area contributed by atoms with E-state index in [2.05, 4.69) is 38.5 Å². The summed E-state index contributed by atoms with van der Waals surface area (Å²) < 4.78 is 0.814. The van der Waals surface area contributed by atoms with E-state index < -0.39 is 12.1 Å². The highest BCUT2D eigenvalue weighted by molar-refractivity contribution is 9.10. The molecular weight excluding hydrogens is 650 g/mol. The van der Waals surface area contributed by atoms with Gasteiger partial charge in [-0.3, -0.25) is 24.0 Å². The molecule has 10 nitrogen and oxygen atoms in total. The van der Waals surface area contributed by atoms with Crippen LogP contribution in [0.25, 0.3) is 10.8 Å². The smallest absolute Gasteiger partial charge is 0.252 e. The molecule has 46 heavy (non-hydrogen) atoms. The number of carbonyl (C=O) groups excluding carboxylic acids is 5. The number of carbonyl (C=O) groups is 5. The molecule has 0 aliphatic carbocycles. The molecular formula is C35H40BrN5O5. The molecule has 11 heteroatoms. The lowest BCUT2D eigenvalue weighted by Gasteiger charge is -2.37. The average molecular weight is 691 g/mol. The van der Waals surface area contributed by atoms with Crippen LogP contribution in [0.5, 0.6) is 0 Å². The molecule has 1 saturated heterocycles. The molecule has 1 aliphatic rings. The lowest BCUT2D eigenvalue weighted by molar-refractivity contribution is -0.142. The van der Waals surface area contributed by atoms with E-state index in [-0.39, 0.29) is 36.0 Å². The van der Waals surface area contributed by atoms with E-state index >= 15 is 0 Å². The Balaban J connectivity index is 1.33. The van der Waals surface area contributed by atoms with Gasteiger partial charge >= 0.3 is 0 Å². The normalized spacial score (nSPS) is 14.2. The number of hydrogen-bond donors (Lipinski definition) is 3. The highest BCUT2D eigenvalue weighted by atomic mass is 79.9. The number of nitrogens with one attached hydrogen (secondary N) is 3. The van der Waals surface area contributed by atoms with Crippen molar-refractivity contribution in [1.82, 2.24) is 25.8 Å². The molecule has 3 aromatic carbocycles. The van der Waals surface area contributed by atoms with Gasteiger partial charge in [-0.25, -0.2) is 0 Å². The first-order chi connectivity index (χ1) is 22.2. The van der Waals surface area contributed by atoms with Crippen LogP contribution < -0.4 is 16.0 Å². The van der Waals surface area contributed by atoms with E-state index in [0.717, 1.165) is 20.8 Å². The van der Waals surface area contributed by atoms with Crippen LogP contribution in [0.3, 0.4) is 0 Å². The lowest BCUT2D eigenvalue weighted by atomic mass is 10.0. The Kier molecular flexibility index (Phi) is 12.5. The van der Waals surface area contributed by atoms with Crippen LogP contribution in [0.15, 0.2) is 83.9 Å². The first kappa shape index (κ1) is 34.4. The number of rotatable bonds is 13. The fourth-order valence-corrected chi connectivity index (χ4v) is 5.90. The molecule has 242 valence electrons. The molecule has 1 heterocycles. The molecule has 4 rings (SSSR count). The Labute approximate surface area is 277 Å². The van der Waals surface area contributed by atoms with Gasteiger partial charge in [0.25, 0.3) is 5.91 Å². The molecule has 1 aliphatic heterocycles. The molecule has 0 spiro atoms. The molecule has 0 aromatic heterocycles. The molecule has 0 bridgehead atoms. The van der Waals surface area contributed by atoms with Gasteiger partial charge in [0.15, 0.2) is 0 Å². The molecule has 1 fully saturated rings. The van der Waals surface area contributed by atoms with Crippen LogP contribution in [-0.4, -0.2) is 84.1 Å². The maximum Gasteiger partial charge on any atom is 0.252 e. The van der Waals surface area contributed by atoms with E-state index in [1.165, 1.54) is 6.08 Å². The van der Waals surface area contributed by atoms with E-state index in [0.29, 0.717) is 57.5 Å². The van der Waals surface area contributed by atoms with Crippen LogP contribution in [0.2, 0.25) is 0 Å². The number of fused-ring (bicyclic) bond motifs is 1. The topological polar surface area (TPSA) is 128 Å². The molecule has 0 saturated carbocycles. The molecule has 3 N–H and O–H groups in total. The standard InChI is InChI=1S/C35H40BrN5O5/c1-3-31(42)37-18-9-8-17-30(39-32(43)23-26-12-5-7-16-29(26)36)35(46)41-21-19-40(20-22-41)34(45)24(2)38-33(44)28-15-10-13-25-11-4-6-14-27(25)28/h3-7,10-16,24,30H,1,8-9,17-23H2,2H3,(H,37,42)(H,38,44)(H,39,43)/t24-,30+/m1/s1. The minimum atomic E-state index is -0.750. The Morgan fingerprint density at radius 3 is 2.22 bits per heavy atom. The van der Waals surface area contributed by atoms with Crippen molar-refractivity contribution in [2.45, 2.75) is 44.7 Å². The largest absolute Gasteiger partial charge is 0.353 e. The summed E-state index contributed by atoms with van der Waals surface area (Å²) in [6.45, 7) is 6.77. The molecule has 0 unspecified atom stereocenters. The first-order valence-electron chi connectivity index (χ1n) is 15.5. The fourth-order valence-electron chi connectivity index (χ4n) is 5.48. The van der Waals surface area contributed by atoms with Gasteiger partial charge in [-0.2, -0.15) is 0 Å². The minimum absolute atomic E-state index is 0.116. The third kappa shape index (κ3) is 9.26. The predicted molar refractivity (Wildman–Crippen MR) is 181 cm³/mol. The van der Waals surface area contributed by atoms with Crippen LogP contribution in [-0.2, 0) is 25.6 Å². The second-order valence-electron chi connectivity index (χ2n) is 11.3. The van der Waals surface area contributed by atoms with Gasteiger partial charge in [0, 0.05) is 42.8 Å². The third-order valence-corrected chi connectivity index (χ3v) is 8.78. The number of halogens is 1. The highest BCUT2D eigenvalue weighted by Gasteiger charge is 2.31. The van der Waals surface area contributed by atoms with Gasteiger partial charge in [-0.05, 0) is 60.7 Å². The van der Waals surface area contributed by atoms with Crippen molar-refractivity contribution in [1.29, 1.82) is 0 Å². The van der Waals surface area contributed by atoms with Crippen molar-refractivity contribution in [2.24, 2.45) is 0 Å². The summed E-state index contributed by atoms with van der Waals surface area (Å²) in [6, 6.07) is 19.0. The zero-order valence-corrected chi connectivity index (χ0v) is 27.6. The van der Waals surface area contributed by atoms with Crippen molar-refractivity contribution >= 4 is 56.2 Å². The monoisotopic (exact) mass is 689 g/mol. The zero-order chi connectivity index (χ0) is 33.1. The van der Waals surface area contributed by atoms with Gasteiger partial charge in [0.2, 0.25) is 23.6 Å². The number of benzene rings is 3. The third-order valence-electron chi connectivity index (χ3n) is 8.00. The second-order valence-corrected chi connectivity index (χ2v) is 12.1. The van der Waals surface area contributed by atoms with E-state index in [9.17, 15) is 24.0 Å². The molecule has 3 aromatic rings. The Morgan fingerprint density at radius 1 is 0.848 bits per heavy atom. The van der Waals surface area contributed by atoms with Gasteiger partial charge in [0.05, 0.1) is 6.42 Å². The maximum atomic E-state index is 13.6. The first-order valence-corrected chi connectivity index (χ1v) is 16.3. The lowest BCUT2D eigenvalue weighted by Crippen LogP contribution is -2.58. The molecule has 5 amide bonds. The molecule has 0 radical (unpaired) electrons. The minimum Gasteiger partial charge on any atom is -0.353 e. The fraction of sp³-hybridized carbons (Fsp3) is 0.343. The number of nitrogens with zero attached hydrogens (tertiary/aromatic N) is 2. The average Bonchev–Trinajstić information content (AvgIpc) is 3.07. The maximum absolute atomic E-state index is 13.6. The summed E-state index contributed by atoms with van der Waals surface area (Å²) in [5, 5.41) is 10.2. The summed E-state index contributed by atoms with van der Waals surface area (Å²) in [6.07, 6.45) is 2.97. The van der Waals surface area contributed by atoms with Gasteiger partial charge < -0.3 is 25.8 Å². The Bertz CT molecular complexity index is 1580. The Hall–Kier alpha value is -4.51. The van der Waals surface area contributed by atoms with Crippen molar-refractivity contribution in [2.75, 3.05) is 32.7 Å². The van der Waals surface area contributed by atoms with Gasteiger partial charge in [-0.1, -0.05) is 77.1 Å². The number of amides is 5. The zero-order valence-electron chi connectivity index (χ0n) is 26.0. The summed E-state index contributed by atoms with van der Waals surface area (Å²) >= 11 is 3.47. The summed E-state index contributed by atoms with van der Waals surface area (Å²) in [5.41, 5.74) is 1.32. The van der Waals surface area contributed by atoms with Gasteiger partial charge in [0.1, 0.15) is 12.1 Å². The number of unbranched alkanes of at least 4 members (excludes halogenated alkanes) is 1. The quantitative estimate of drug-likeness (QED) is 0.187. The molecule has 2 atom stereocenters. The number of hydrogen-bond acceptors (Lipinski definition) is 5. The second kappa shape index (κ2) is 16.7. The Morgan fingerprint density at radius 2 is 1.50 bits per heavy atom. The van der Waals surface area contributed by atoms with Crippen LogP contribution in [0.4, 0.5) is 0 Å². The van der Waals surface area contributed by atoms with Crippen LogP contribution in [0, 0.1) is 0 Å². The number of piperazine rings is 1. The van der Waals surface area contributed by atoms with E-state index in [1.807, 2.05) is 60.7 Å². The van der Waals surface area contributed by atoms with Gasteiger partial charge in [-0.15, -0.1) is 0 Å². The highest BCUT2D eigenvalue weighted by Crippen LogP contribution is 2.19. The van der Waals surface area contributed by atoms with Crippen molar-refractivity contribution in [3.63, 3.8) is 0 Å². The van der Waals surface area contributed by atoms with E-state index in [1.54, 1.807) is 22.8 Å². The summed E-state index contributed by atoms with van der Waals surface area (Å²) in [4.78, 5) is 67.8. The van der Waals surface area contributed by atoms with Crippen molar-refractivity contribution in [3.05, 3.63) is 95.0 Å². The summed E-state index contributed by atoms with van der Waals surface area (Å²) in [5.74, 6) is -1.28. The van der Waals surface area contributed by atoms with Crippen molar-refractivity contribution < 1.29 is 24.0 Å².